The quantitative estimate of drug-likeness (QED) is 0.653. The van der Waals surface area contributed by atoms with Crippen LogP contribution >= 0.6 is 15.9 Å². The van der Waals surface area contributed by atoms with Gasteiger partial charge in [0.15, 0.2) is 5.76 Å². The number of pyridine rings is 1. The molecule has 0 radical (unpaired) electrons. The third kappa shape index (κ3) is 4.44. The normalized spacial score (nSPS) is 15.0. The Morgan fingerprint density at radius 3 is 2.82 bits per heavy atom. The molecule has 1 aliphatic rings. The molecule has 7 nitrogen and oxygen atoms in total. The van der Waals surface area contributed by atoms with Crippen LogP contribution in [-0.2, 0) is 6.54 Å². The third-order valence-electron chi connectivity index (χ3n) is 4.83. The van der Waals surface area contributed by atoms with Gasteiger partial charge in [0.25, 0.3) is 5.91 Å². The smallest absolute Gasteiger partial charge is 0.287 e. The lowest BCUT2D eigenvalue weighted by Crippen LogP contribution is -2.44. The summed E-state index contributed by atoms with van der Waals surface area (Å²) < 4.78 is 8.35. The van der Waals surface area contributed by atoms with Crippen molar-refractivity contribution in [2.45, 2.75) is 32.4 Å². The first-order chi connectivity index (χ1) is 13.6. The summed E-state index contributed by atoms with van der Waals surface area (Å²) in [4.78, 5) is 19.4. The van der Waals surface area contributed by atoms with E-state index in [4.69, 9.17) is 4.42 Å². The minimum absolute atomic E-state index is 0.143. The van der Waals surface area contributed by atoms with E-state index in [1.807, 2.05) is 37.4 Å². The number of amides is 1. The molecule has 0 saturated carbocycles. The Morgan fingerprint density at radius 1 is 1.29 bits per heavy atom. The van der Waals surface area contributed by atoms with Gasteiger partial charge in [0, 0.05) is 31.0 Å². The highest BCUT2D eigenvalue weighted by Crippen LogP contribution is 2.19. The molecule has 0 atom stereocenters. The number of nitrogens with zero attached hydrogens (tertiary/aromatic N) is 4. The summed E-state index contributed by atoms with van der Waals surface area (Å²) in [5.41, 5.74) is 1.02. The molecule has 1 saturated heterocycles. The number of aromatic nitrogens is 3. The van der Waals surface area contributed by atoms with Gasteiger partial charge in [-0.15, -0.1) is 0 Å². The molecule has 1 aliphatic heterocycles. The van der Waals surface area contributed by atoms with Crippen molar-refractivity contribution in [3.05, 3.63) is 64.4 Å². The van der Waals surface area contributed by atoms with Gasteiger partial charge in [-0.3, -0.25) is 9.48 Å². The number of hydrogen-bond acceptors (Lipinski definition) is 5. The average Bonchev–Trinajstić information content (AvgIpc) is 3.32. The number of piperidine rings is 1. The molecular formula is C20H22BrN5O2. The second-order valence-corrected chi connectivity index (χ2v) is 7.91. The molecule has 3 aromatic heterocycles. The Morgan fingerprint density at radius 2 is 2.11 bits per heavy atom. The second-order valence-electron chi connectivity index (χ2n) is 6.99. The number of hydrogen-bond donors (Lipinski definition) is 1. The predicted molar refractivity (Wildman–Crippen MR) is 109 cm³/mol. The minimum atomic E-state index is -0.167. The van der Waals surface area contributed by atoms with Crippen molar-refractivity contribution in [2.24, 2.45) is 0 Å². The van der Waals surface area contributed by atoms with E-state index >= 15 is 0 Å². The van der Waals surface area contributed by atoms with Gasteiger partial charge >= 0.3 is 0 Å². The first-order valence-electron chi connectivity index (χ1n) is 9.33. The number of carbonyl (C=O) groups excluding carboxylic acids is 1. The Balaban J connectivity index is 1.30. The summed E-state index contributed by atoms with van der Waals surface area (Å²) in [5.74, 6) is 1.87. The van der Waals surface area contributed by atoms with Gasteiger partial charge in [0.1, 0.15) is 11.6 Å². The van der Waals surface area contributed by atoms with E-state index in [2.05, 4.69) is 36.2 Å². The van der Waals surface area contributed by atoms with Crippen molar-refractivity contribution in [3.8, 4) is 0 Å². The fraction of sp³-hybridized carbons (Fsp3) is 0.350. The average molecular weight is 444 g/mol. The summed E-state index contributed by atoms with van der Waals surface area (Å²) in [5, 5.41) is 7.29. The summed E-state index contributed by atoms with van der Waals surface area (Å²) >= 11 is 3.37. The van der Waals surface area contributed by atoms with Crippen LogP contribution in [-0.4, -0.2) is 39.8 Å². The van der Waals surface area contributed by atoms with E-state index in [1.165, 1.54) is 0 Å². The maximum absolute atomic E-state index is 12.5. The molecule has 0 aromatic carbocycles. The number of aryl methyl sites for hydroxylation is 1. The first kappa shape index (κ1) is 18.7. The molecule has 28 heavy (non-hydrogen) atoms. The van der Waals surface area contributed by atoms with Gasteiger partial charge in [0.2, 0.25) is 0 Å². The highest BCUT2D eigenvalue weighted by Gasteiger charge is 2.23. The van der Waals surface area contributed by atoms with Crippen LogP contribution in [0.2, 0.25) is 0 Å². The van der Waals surface area contributed by atoms with Gasteiger partial charge in [-0.1, -0.05) is 6.07 Å². The van der Waals surface area contributed by atoms with Crippen molar-refractivity contribution in [3.63, 3.8) is 0 Å². The molecule has 3 aromatic rings. The number of rotatable bonds is 5. The number of nitrogens with one attached hydrogen (secondary N) is 1. The monoisotopic (exact) mass is 443 g/mol. The lowest BCUT2D eigenvalue weighted by molar-refractivity contribution is 0.0901. The Bertz CT molecular complexity index is 959. The van der Waals surface area contributed by atoms with E-state index in [0.717, 1.165) is 41.9 Å². The zero-order valence-corrected chi connectivity index (χ0v) is 17.2. The van der Waals surface area contributed by atoms with Crippen LogP contribution in [0.5, 0.6) is 0 Å². The van der Waals surface area contributed by atoms with Gasteiger partial charge < -0.3 is 14.6 Å². The molecule has 0 bridgehead atoms. The second kappa shape index (κ2) is 8.18. The highest BCUT2D eigenvalue weighted by atomic mass is 79.9. The molecule has 8 heteroatoms. The fourth-order valence-electron chi connectivity index (χ4n) is 3.38. The predicted octanol–water partition coefficient (Wildman–Crippen LogP) is 3.39. The first-order valence-corrected chi connectivity index (χ1v) is 10.1. The molecule has 4 heterocycles. The van der Waals surface area contributed by atoms with Gasteiger partial charge in [-0.05, 0) is 60.0 Å². The molecular weight excluding hydrogens is 422 g/mol. The summed E-state index contributed by atoms with van der Waals surface area (Å²) in [6, 6.07) is 9.74. The van der Waals surface area contributed by atoms with E-state index < -0.39 is 0 Å². The van der Waals surface area contributed by atoms with E-state index in [-0.39, 0.29) is 11.9 Å². The fourth-order valence-corrected chi connectivity index (χ4v) is 3.71. The van der Waals surface area contributed by atoms with Crippen molar-refractivity contribution >= 4 is 27.7 Å². The van der Waals surface area contributed by atoms with Crippen LogP contribution in [0.4, 0.5) is 5.82 Å². The maximum Gasteiger partial charge on any atom is 0.287 e. The van der Waals surface area contributed by atoms with Crippen molar-refractivity contribution < 1.29 is 9.21 Å². The van der Waals surface area contributed by atoms with E-state index in [1.54, 1.807) is 16.9 Å². The molecule has 1 N–H and O–H groups in total. The molecule has 0 aliphatic carbocycles. The van der Waals surface area contributed by atoms with Crippen LogP contribution in [0.25, 0.3) is 0 Å². The topological polar surface area (TPSA) is 76.2 Å². The van der Waals surface area contributed by atoms with Crippen molar-refractivity contribution in [2.75, 3.05) is 18.0 Å². The van der Waals surface area contributed by atoms with Gasteiger partial charge in [-0.2, -0.15) is 5.10 Å². The summed E-state index contributed by atoms with van der Waals surface area (Å²) in [6.07, 6.45) is 5.35. The zero-order valence-electron chi connectivity index (χ0n) is 15.6. The van der Waals surface area contributed by atoms with E-state index in [0.29, 0.717) is 18.1 Å². The summed E-state index contributed by atoms with van der Waals surface area (Å²) in [6.45, 7) is 4.23. The molecule has 0 spiro atoms. The SMILES string of the molecule is Cc1cccc(N2CCC(NC(=O)c3ccc(Cn4cc(Br)cn4)o3)CC2)n1. The minimum Gasteiger partial charge on any atom is -0.454 e. The zero-order chi connectivity index (χ0) is 19.5. The van der Waals surface area contributed by atoms with Crippen LogP contribution in [0.3, 0.4) is 0 Å². The third-order valence-corrected chi connectivity index (χ3v) is 5.24. The lowest BCUT2D eigenvalue weighted by atomic mass is 10.0. The van der Waals surface area contributed by atoms with Crippen molar-refractivity contribution in [1.82, 2.24) is 20.1 Å². The van der Waals surface area contributed by atoms with Crippen molar-refractivity contribution in [1.29, 1.82) is 0 Å². The van der Waals surface area contributed by atoms with Crippen LogP contribution in [0, 0.1) is 6.92 Å². The molecule has 1 fully saturated rings. The number of carbonyl (C=O) groups is 1. The van der Waals surface area contributed by atoms with Gasteiger partial charge in [0.05, 0.1) is 17.2 Å². The molecule has 146 valence electrons. The number of anilines is 1. The Labute approximate surface area is 171 Å². The Hall–Kier alpha value is -2.61. The maximum atomic E-state index is 12.5. The molecule has 4 rings (SSSR count). The number of furan rings is 1. The number of halogens is 1. The van der Waals surface area contributed by atoms with E-state index in [9.17, 15) is 4.79 Å². The largest absolute Gasteiger partial charge is 0.454 e. The van der Waals surface area contributed by atoms with Gasteiger partial charge in [-0.25, -0.2) is 4.98 Å². The summed E-state index contributed by atoms with van der Waals surface area (Å²) in [7, 11) is 0. The standard InChI is InChI=1S/C20H22BrN5O2/c1-14-3-2-4-19(23-14)25-9-7-16(8-10-25)24-20(27)18-6-5-17(28-18)13-26-12-15(21)11-22-26/h2-6,11-12,16H,7-10,13H2,1H3,(H,24,27). The highest BCUT2D eigenvalue weighted by molar-refractivity contribution is 9.10. The van der Waals surface area contributed by atoms with Crippen LogP contribution in [0.15, 0.2) is 51.6 Å². The van der Waals surface area contributed by atoms with Crippen LogP contribution < -0.4 is 10.2 Å². The Kier molecular flexibility index (Phi) is 5.47. The molecule has 0 unspecified atom stereocenters. The lowest BCUT2D eigenvalue weighted by Gasteiger charge is -2.33. The molecule has 1 amide bonds. The van der Waals surface area contributed by atoms with Crippen LogP contribution in [0.1, 0.15) is 34.9 Å².